The van der Waals surface area contributed by atoms with Gasteiger partial charge in [-0.15, -0.1) is 0 Å². The summed E-state index contributed by atoms with van der Waals surface area (Å²) in [6.07, 6.45) is 1.35. The first-order valence-corrected chi connectivity index (χ1v) is 11.3. The lowest BCUT2D eigenvalue weighted by Gasteiger charge is -2.21. The van der Waals surface area contributed by atoms with E-state index in [-0.39, 0.29) is 33.9 Å². The first-order chi connectivity index (χ1) is 17.6. The van der Waals surface area contributed by atoms with Gasteiger partial charge in [-0.3, -0.25) is 9.59 Å². The minimum Gasteiger partial charge on any atom is -0.495 e. The summed E-state index contributed by atoms with van der Waals surface area (Å²) in [7, 11) is 4.32. The first kappa shape index (κ1) is 27.1. The molecule has 1 aromatic heterocycles. The number of amides is 2. The number of methoxy groups -OCH3 is 3. The van der Waals surface area contributed by atoms with E-state index in [1.807, 2.05) is 32.9 Å². The summed E-state index contributed by atoms with van der Waals surface area (Å²) < 4.78 is 26.3. The minimum atomic E-state index is -0.860. The second-order valence-corrected chi connectivity index (χ2v) is 8.97. The first-order valence-electron chi connectivity index (χ1n) is 11.3. The van der Waals surface area contributed by atoms with Crippen molar-refractivity contribution in [3.8, 4) is 17.2 Å². The largest absolute Gasteiger partial charge is 0.495 e. The molecule has 0 unspecified atom stereocenters. The van der Waals surface area contributed by atoms with Gasteiger partial charge in [-0.25, -0.2) is 4.79 Å². The topological polar surface area (TPSA) is 125 Å². The molecule has 2 N–H and O–H groups in total. The summed E-state index contributed by atoms with van der Waals surface area (Å²) in [6, 6.07) is 11.3. The van der Waals surface area contributed by atoms with Gasteiger partial charge in [0, 0.05) is 12.1 Å². The van der Waals surface area contributed by atoms with E-state index >= 15 is 0 Å². The molecule has 0 saturated heterocycles. The van der Waals surface area contributed by atoms with Gasteiger partial charge >= 0.3 is 5.97 Å². The van der Waals surface area contributed by atoms with Gasteiger partial charge in [0.15, 0.2) is 23.9 Å². The Hall–Kier alpha value is -4.47. The lowest BCUT2D eigenvalue weighted by molar-refractivity contribution is -0.119. The summed E-state index contributed by atoms with van der Waals surface area (Å²) in [4.78, 5) is 38.1. The fourth-order valence-corrected chi connectivity index (χ4v) is 3.41. The second-order valence-electron chi connectivity index (χ2n) is 8.97. The standard InChI is InChI=1S/C27H30N2O8/c1-27(2,3)16-9-10-20(33-4)19(12-16)28-24(30)15-37-26(32)17-13-22(34-5)23(35-6)14-18(17)29-25(31)21-8-7-11-36-21/h7-14H,15H2,1-6H3,(H,28,30)(H,29,31). The third-order valence-corrected chi connectivity index (χ3v) is 5.41. The molecule has 196 valence electrons. The van der Waals surface area contributed by atoms with Crippen molar-refractivity contribution in [2.45, 2.75) is 26.2 Å². The molecule has 0 spiro atoms. The minimum absolute atomic E-state index is 0.0416. The van der Waals surface area contributed by atoms with Crippen LogP contribution in [0, 0.1) is 0 Å². The maximum absolute atomic E-state index is 13.0. The van der Waals surface area contributed by atoms with E-state index < -0.39 is 24.4 Å². The zero-order valence-corrected chi connectivity index (χ0v) is 21.6. The Morgan fingerprint density at radius 3 is 2.11 bits per heavy atom. The van der Waals surface area contributed by atoms with Gasteiger partial charge < -0.3 is 34.0 Å². The van der Waals surface area contributed by atoms with E-state index in [1.165, 1.54) is 45.8 Å². The van der Waals surface area contributed by atoms with Crippen molar-refractivity contribution in [3.05, 3.63) is 65.6 Å². The van der Waals surface area contributed by atoms with Crippen LogP contribution in [-0.2, 0) is 14.9 Å². The number of hydrogen-bond donors (Lipinski definition) is 2. The van der Waals surface area contributed by atoms with E-state index in [0.717, 1.165) is 5.56 Å². The van der Waals surface area contributed by atoms with Crippen molar-refractivity contribution in [2.75, 3.05) is 38.6 Å². The normalized spacial score (nSPS) is 10.9. The molecule has 1 heterocycles. The van der Waals surface area contributed by atoms with Crippen LogP contribution in [0.25, 0.3) is 0 Å². The zero-order chi connectivity index (χ0) is 27.2. The van der Waals surface area contributed by atoms with Gasteiger partial charge in [0.25, 0.3) is 11.8 Å². The number of carbonyl (C=O) groups is 3. The molecule has 0 radical (unpaired) electrons. The van der Waals surface area contributed by atoms with Crippen LogP contribution in [0.2, 0.25) is 0 Å². The van der Waals surface area contributed by atoms with E-state index in [1.54, 1.807) is 12.1 Å². The Bertz CT molecular complexity index is 1280. The summed E-state index contributed by atoms with van der Waals surface area (Å²) in [5.74, 6) is -0.998. The Morgan fingerprint density at radius 2 is 1.51 bits per heavy atom. The van der Waals surface area contributed by atoms with Crippen LogP contribution < -0.4 is 24.8 Å². The monoisotopic (exact) mass is 510 g/mol. The van der Waals surface area contributed by atoms with Crippen LogP contribution in [0.1, 0.15) is 47.2 Å². The summed E-state index contributed by atoms with van der Waals surface area (Å²) >= 11 is 0. The number of carbonyl (C=O) groups excluding carboxylic acids is 3. The van der Waals surface area contributed by atoms with Crippen molar-refractivity contribution in [1.82, 2.24) is 0 Å². The highest BCUT2D eigenvalue weighted by molar-refractivity contribution is 6.07. The van der Waals surface area contributed by atoms with E-state index in [2.05, 4.69) is 10.6 Å². The molecule has 0 aliphatic carbocycles. The fourth-order valence-electron chi connectivity index (χ4n) is 3.41. The van der Waals surface area contributed by atoms with Gasteiger partial charge in [0.1, 0.15) is 5.75 Å². The van der Waals surface area contributed by atoms with Crippen molar-refractivity contribution in [3.63, 3.8) is 0 Å². The average molecular weight is 511 g/mol. The molecular weight excluding hydrogens is 480 g/mol. The molecule has 0 bridgehead atoms. The SMILES string of the molecule is COc1ccc(C(C)(C)C)cc1NC(=O)COC(=O)c1cc(OC)c(OC)cc1NC(=O)c1ccco1. The van der Waals surface area contributed by atoms with Crippen molar-refractivity contribution < 1.29 is 37.7 Å². The maximum Gasteiger partial charge on any atom is 0.340 e. The Kier molecular flexibility index (Phi) is 8.44. The van der Waals surface area contributed by atoms with Crippen molar-refractivity contribution in [1.29, 1.82) is 0 Å². The van der Waals surface area contributed by atoms with E-state index in [0.29, 0.717) is 11.4 Å². The van der Waals surface area contributed by atoms with E-state index in [4.69, 9.17) is 23.4 Å². The summed E-state index contributed by atoms with van der Waals surface area (Å²) in [6.45, 7) is 5.57. The number of furan rings is 1. The number of rotatable bonds is 9. The molecule has 0 saturated carbocycles. The lowest BCUT2D eigenvalue weighted by Crippen LogP contribution is -2.23. The van der Waals surface area contributed by atoms with E-state index in [9.17, 15) is 14.4 Å². The predicted octanol–water partition coefficient (Wildman–Crippen LogP) is 4.65. The van der Waals surface area contributed by atoms with Gasteiger partial charge in [0.05, 0.1) is 44.5 Å². The third-order valence-electron chi connectivity index (χ3n) is 5.41. The molecule has 0 aliphatic heterocycles. The zero-order valence-electron chi connectivity index (χ0n) is 21.6. The highest BCUT2D eigenvalue weighted by atomic mass is 16.5. The number of anilines is 2. The lowest BCUT2D eigenvalue weighted by atomic mass is 9.87. The second kappa shape index (κ2) is 11.5. The summed E-state index contributed by atoms with van der Waals surface area (Å²) in [5.41, 5.74) is 1.33. The predicted molar refractivity (Wildman–Crippen MR) is 137 cm³/mol. The highest BCUT2D eigenvalue weighted by Gasteiger charge is 2.22. The molecule has 10 nitrogen and oxygen atoms in total. The molecular formula is C27H30N2O8. The van der Waals surface area contributed by atoms with Gasteiger partial charge in [-0.2, -0.15) is 0 Å². The Labute approximate surface area is 214 Å². The van der Waals surface area contributed by atoms with Crippen LogP contribution >= 0.6 is 0 Å². The van der Waals surface area contributed by atoms with Crippen LogP contribution in [0.3, 0.4) is 0 Å². The quantitative estimate of drug-likeness (QED) is 0.399. The molecule has 0 aliphatic rings. The molecule has 3 rings (SSSR count). The van der Waals surface area contributed by atoms with Crippen LogP contribution in [-0.4, -0.2) is 45.7 Å². The number of nitrogens with one attached hydrogen (secondary N) is 2. The average Bonchev–Trinajstić information content (AvgIpc) is 3.41. The molecule has 3 aromatic rings. The van der Waals surface area contributed by atoms with Crippen molar-refractivity contribution >= 4 is 29.2 Å². The number of benzene rings is 2. The Morgan fingerprint density at radius 1 is 0.838 bits per heavy atom. The molecule has 0 atom stereocenters. The van der Waals surface area contributed by atoms with Crippen LogP contribution in [0.4, 0.5) is 11.4 Å². The van der Waals surface area contributed by atoms with Gasteiger partial charge in [-0.1, -0.05) is 26.8 Å². The van der Waals surface area contributed by atoms with Crippen LogP contribution in [0.5, 0.6) is 17.2 Å². The van der Waals surface area contributed by atoms with Crippen molar-refractivity contribution in [2.24, 2.45) is 0 Å². The molecule has 37 heavy (non-hydrogen) atoms. The van der Waals surface area contributed by atoms with Crippen LogP contribution in [0.15, 0.2) is 53.1 Å². The fraction of sp³-hybridized carbons (Fsp3) is 0.296. The third kappa shape index (κ3) is 6.60. The molecule has 10 heteroatoms. The maximum atomic E-state index is 13.0. The number of hydrogen-bond acceptors (Lipinski definition) is 8. The number of esters is 1. The Balaban J connectivity index is 1.79. The summed E-state index contributed by atoms with van der Waals surface area (Å²) in [5, 5.41) is 5.32. The molecule has 0 fully saturated rings. The van der Waals surface area contributed by atoms with Gasteiger partial charge in [-0.05, 0) is 35.2 Å². The smallest absolute Gasteiger partial charge is 0.340 e. The molecule has 2 amide bonds. The molecule has 2 aromatic carbocycles. The van der Waals surface area contributed by atoms with Gasteiger partial charge in [0.2, 0.25) is 0 Å². The number of ether oxygens (including phenoxy) is 4. The highest BCUT2D eigenvalue weighted by Crippen LogP contribution is 2.34.